The lowest BCUT2D eigenvalue weighted by atomic mass is 9.83. The maximum Gasteiger partial charge on any atom is 0.417 e. The molecule has 2 atom stereocenters. The van der Waals surface area contributed by atoms with E-state index in [0.29, 0.717) is 18.8 Å². The van der Waals surface area contributed by atoms with E-state index < -0.39 is 40.9 Å². The van der Waals surface area contributed by atoms with E-state index in [4.69, 9.17) is 4.74 Å². The van der Waals surface area contributed by atoms with Crippen LogP contribution >= 0.6 is 0 Å². The fourth-order valence-corrected chi connectivity index (χ4v) is 4.96. The van der Waals surface area contributed by atoms with Crippen LogP contribution in [0.25, 0.3) is 0 Å². The molecule has 0 unspecified atom stereocenters. The number of hydrogen-bond acceptors (Lipinski definition) is 3. The summed E-state index contributed by atoms with van der Waals surface area (Å²) in [6.07, 6.45) is -2.21. The van der Waals surface area contributed by atoms with Gasteiger partial charge in [0.1, 0.15) is 11.8 Å². The zero-order chi connectivity index (χ0) is 24.5. The van der Waals surface area contributed by atoms with E-state index in [-0.39, 0.29) is 12.6 Å². The third-order valence-corrected chi connectivity index (χ3v) is 6.96. The number of benzene rings is 2. The van der Waals surface area contributed by atoms with Gasteiger partial charge >= 0.3 is 6.18 Å². The van der Waals surface area contributed by atoms with Crippen molar-refractivity contribution in [2.45, 2.75) is 63.5 Å². The summed E-state index contributed by atoms with van der Waals surface area (Å²) in [4.78, 5) is 28.3. The van der Waals surface area contributed by atoms with Crippen LogP contribution in [0.1, 0.15) is 67.1 Å². The minimum atomic E-state index is -4.69. The molecule has 2 aliphatic rings. The minimum Gasteiger partial charge on any atom is -0.353 e. The monoisotopic (exact) mass is 474 g/mol. The van der Waals surface area contributed by atoms with Crippen LogP contribution in [0.3, 0.4) is 0 Å². The van der Waals surface area contributed by atoms with Gasteiger partial charge in [-0.2, -0.15) is 13.2 Å². The average Bonchev–Trinajstić information content (AvgIpc) is 3.19. The molecular formula is C26H29F3N2O3. The fourth-order valence-electron chi connectivity index (χ4n) is 4.96. The average molecular weight is 475 g/mol. The van der Waals surface area contributed by atoms with E-state index in [1.54, 1.807) is 0 Å². The highest BCUT2D eigenvalue weighted by atomic mass is 19.4. The summed E-state index contributed by atoms with van der Waals surface area (Å²) in [6.45, 7) is 3.87. The molecule has 1 heterocycles. The highest BCUT2D eigenvalue weighted by Gasteiger charge is 2.54. The molecule has 4 rings (SSSR count). The lowest BCUT2D eigenvalue weighted by molar-refractivity contribution is -0.138. The maximum atomic E-state index is 13.7. The summed E-state index contributed by atoms with van der Waals surface area (Å²) in [6, 6.07) is 12.7. The Bertz CT molecular complexity index is 1030. The van der Waals surface area contributed by atoms with Crippen molar-refractivity contribution in [1.82, 2.24) is 10.2 Å². The van der Waals surface area contributed by atoms with Gasteiger partial charge < -0.3 is 10.1 Å². The van der Waals surface area contributed by atoms with Gasteiger partial charge in [0.05, 0.1) is 23.8 Å². The van der Waals surface area contributed by atoms with Gasteiger partial charge in [-0.3, -0.25) is 14.5 Å². The molecule has 2 amide bonds. The number of carbonyl (C=O) groups excluding carboxylic acids is 2. The van der Waals surface area contributed by atoms with Crippen LogP contribution in [0.15, 0.2) is 54.6 Å². The van der Waals surface area contributed by atoms with Crippen molar-refractivity contribution in [2.24, 2.45) is 5.92 Å². The summed E-state index contributed by atoms with van der Waals surface area (Å²) in [5.74, 6) is -0.850. The highest BCUT2D eigenvalue weighted by molar-refractivity contribution is 5.99. The Hall–Kier alpha value is -2.87. The molecular weight excluding hydrogens is 445 g/mol. The van der Waals surface area contributed by atoms with Gasteiger partial charge in [0.2, 0.25) is 5.91 Å². The van der Waals surface area contributed by atoms with Gasteiger partial charge in [0.15, 0.2) is 0 Å². The summed E-state index contributed by atoms with van der Waals surface area (Å²) >= 11 is 0. The number of nitrogens with one attached hydrogen (secondary N) is 1. The number of nitrogens with zero attached hydrogens (tertiary/aromatic N) is 1. The molecule has 1 N–H and O–H groups in total. The Balaban J connectivity index is 1.67. The molecule has 2 aromatic rings. The number of hydrogen-bond donors (Lipinski definition) is 1. The quantitative estimate of drug-likeness (QED) is 0.652. The van der Waals surface area contributed by atoms with E-state index in [9.17, 15) is 22.8 Å². The van der Waals surface area contributed by atoms with Crippen molar-refractivity contribution in [3.05, 3.63) is 71.3 Å². The second-order valence-corrected chi connectivity index (χ2v) is 9.31. The van der Waals surface area contributed by atoms with Crippen molar-refractivity contribution in [3.63, 3.8) is 0 Å². The summed E-state index contributed by atoms with van der Waals surface area (Å²) in [7, 11) is 0. The van der Waals surface area contributed by atoms with E-state index >= 15 is 0 Å². The molecule has 5 nitrogen and oxygen atoms in total. The normalized spacial score (nSPS) is 25.9. The van der Waals surface area contributed by atoms with Gasteiger partial charge in [0, 0.05) is 0 Å². The molecule has 1 aliphatic carbocycles. The van der Waals surface area contributed by atoms with Gasteiger partial charge in [-0.05, 0) is 56.2 Å². The number of alkyl halides is 3. The lowest BCUT2D eigenvalue weighted by Crippen LogP contribution is -2.57. The first-order valence-electron chi connectivity index (χ1n) is 11.6. The molecule has 8 heteroatoms. The molecule has 1 spiro atoms. The number of rotatable bonds is 4. The van der Waals surface area contributed by atoms with E-state index in [1.807, 2.05) is 37.3 Å². The third-order valence-electron chi connectivity index (χ3n) is 6.96. The first kappa shape index (κ1) is 24.3. The summed E-state index contributed by atoms with van der Waals surface area (Å²) in [5, 5.41) is 2.92. The van der Waals surface area contributed by atoms with Crippen LogP contribution in [0.2, 0.25) is 0 Å². The minimum absolute atomic E-state index is 0.0539. The molecule has 34 heavy (non-hydrogen) atoms. The molecule has 1 aliphatic heterocycles. The second-order valence-electron chi connectivity index (χ2n) is 9.31. The van der Waals surface area contributed by atoms with Crippen molar-refractivity contribution in [3.8, 4) is 0 Å². The smallest absolute Gasteiger partial charge is 0.353 e. The van der Waals surface area contributed by atoms with E-state index in [0.717, 1.165) is 24.5 Å². The Morgan fingerprint density at radius 1 is 1.06 bits per heavy atom. The van der Waals surface area contributed by atoms with Crippen LogP contribution in [-0.4, -0.2) is 35.1 Å². The van der Waals surface area contributed by atoms with Crippen LogP contribution in [0.4, 0.5) is 13.2 Å². The van der Waals surface area contributed by atoms with Crippen molar-refractivity contribution in [1.29, 1.82) is 0 Å². The molecule has 182 valence electrons. The molecule has 2 aromatic carbocycles. The maximum absolute atomic E-state index is 13.7. The third kappa shape index (κ3) is 4.69. The highest BCUT2D eigenvalue weighted by Crippen LogP contribution is 2.44. The van der Waals surface area contributed by atoms with Crippen LogP contribution in [-0.2, 0) is 15.7 Å². The number of carbonyl (C=O) groups is 2. The Morgan fingerprint density at radius 2 is 1.68 bits per heavy atom. The SMILES string of the molecule is CC1CCC2(CC1)OC[C@@H](C(=O)N[C@@H](C)c1ccccc1)N2C(=O)c1ccccc1C(F)(F)F. The van der Waals surface area contributed by atoms with Gasteiger partial charge in [0.25, 0.3) is 5.91 Å². The van der Waals surface area contributed by atoms with Crippen molar-refractivity contribution in [2.75, 3.05) is 6.61 Å². The molecule has 1 saturated carbocycles. The molecule has 0 bridgehead atoms. The first-order chi connectivity index (χ1) is 16.1. The van der Waals surface area contributed by atoms with Crippen LogP contribution in [0, 0.1) is 5.92 Å². The van der Waals surface area contributed by atoms with E-state index in [2.05, 4.69) is 12.2 Å². The van der Waals surface area contributed by atoms with Gasteiger partial charge in [-0.15, -0.1) is 0 Å². The molecule has 1 saturated heterocycles. The fraction of sp³-hybridized carbons (Fsp3) is 0.462. The molecule has 0 aromatic heterocycles. The van der Waals surface area contributed by atoms with Crippen molar-refractivity contribution < 1.29 is 27.5 Å². The summed E-state index contributed by atoms with van der Waals surface area (Å²) in [5.41, 5.74) is -1.67. The van der Waals surface area contributed by atoms with E-state index in [1.165, 1.54) is 23.1 Å². The zero-order valence-electron chi connectivity index (χ0n) is 19.3. The zero-order valence-corrected chi connectivity index (χ0v) is 19.3. The number of halogens is 3. The predicted octanol–water partition coefficient (Wildman–Crippen LogP) is 5.33. The Morgan fingerprint density at radius 3 is 2.32 bits per heavy atom. The second kappa shape index (κ2) is 9.41. The van der Waals surface area contributed by atoms with Crippen molar-refractivity contribution >= 4 is 11.8 Å². The van der Waals surface area contributed by atoms with Gasteiger partial charge in [-0.1, -0.05) is 49.4 Å². The Labute approximate surface area is 197 Å². The largest absolute Gasteiger partial charge is 0.417 e. The lowest BCUT2D eigenvalue weighted by Gasteiger charge is -2.43. The van der Waals surface area contributed by atoms with Gasteiger partial charge in [-0.25, -0.2) is 0 Å². The van der Waals surface area contributed by atoms with Crippen LogP contribution < -0.4 is 5.32 Å². The topological polar surface area (TPSA) is 58.6 Å². The summed E-state index contributed by atoms with van der Waals surface area (Å²) < 4.78 is 47.2. The Kier molecular flexibility index (Phi) is 6.71. The standard InChI is InChI=1S/C26H29F3N2O3/c1-17-12-14-25(15-13-17)31(24(33)20-10-6-7-11-21(20)26(27,28)29)22(16-34-25)23(32)30-18(2)19-8-4-3-5-9-19/h3-11,17-18,22H,12-16H2,1-2H3,(H,30,32)/t17?,18-,22-,25?/m0/s1. The molecule has 0 radical (unpaired) electrons. The number of ether oxygens (including phenoxy) is 1. The number of amides is 2. The molecule has 2 fully saturated rings. The predicted molar refractivity (Wildman–Crippen MR) is 121 cm³/mol. The first-order valence-corrected chi connectivity index (χ1v) is 11.6. The van der Waals surface area contributed by atoms with Crippen LogP contribution in [0.5, 0.6) is 0 Å².